The molecule has 1 aliphatic carbocycles. The summed E-state index contributed by atoms with van der Waals surface area (Å²) in [5.41, 5.74) is 18.4. The highest BCUT2D eigenvalue weighted by atomic mass is 14.8. The summed E-state index contributed by atoms with van der Waals surface area (Å²) in [5.74, 6) is 0. The molecule has 0 fully saturated rings. The van der Waals surface area contributed by atoms with Crippen LogP contribution >= 0.6 is 0 Å². The maximum absolute atomic E-state index is 5.37. The number of nitrogens with zero attached hydrogens (tertiary/aromatic N) is 4. The lowest BCUT2D eigenvalue weighted by Crippen LogP contribution is -2.29. The Balaban J connectivity index is 1.07. The number of rotatable bonds is 8. The van der Waals surface area contributed by atoms with Gasteiger partial charge in [0.2, 0.25) is 0 Å². The molecule has 0 amide bonds. The first-order valence-corrected chi connectivity index (χ1v) is 23.4. The molecule has 69 heavy (non-hydrogen) atoms. The summed E-state index contributed by atoms with van der Waals surface area (Å²) in [7, 11) is 0. The highest BCUT2D eigenvalue weighted by Crippen LogP contribution is 2.57. The van der Waals surface area contributed by atoms with Crippen LogP contribution in [0.1, 0.15) is 44.5 Å². The Morgan fingerprint density at radius 3 is 1.19 bits per heavy atom. The fourth-order valence-corrected chi connectivity index (χ4v) is 10.5. The zero-order valence-electron chi connectivity index (χ0n) is 37.5. The summed E-state index contributed by atoms with van der Waals surface area (Å²) in [6, 6.07) is 78.4. The first-order chi connectivity index (χ1) is 34.2. The zero-order valence-corrected chi connectivity index (χ0v) is 37.5. The van der Waals surface area contributed by atoms with Crippen molar-refractivity contribution in [1.82, 2.24) is 19.9 Å². The second-order valence-corrected chi connectivity index (χ2v) is 17.8. The van der Waals surface area contributed by atoms with Gasteiger partial charge in [0.1, 0.15) is 0 Å². The van der Waals surface area contributed by atoms with E-state index in [0.717, 1.165) is 99.5 Å². The van der Waals surface area contributed by atoms with Gasteiger partial charge in [0.05, 0.1) is 38.9 Å². The van der Waals surface area contributed by atoms with E-state index < -0.39 is 5.41 Å². The standard InChI is InChI=1S/C65H42N4/c1-3-11-43(12-4-1)21-23-45-25-33-55-56-34-26-46(24-22-44-13-5-2-6-14-44)40-58(56)65(57(55)39-45,53-19-7-15-51(41-53)59-35-31-49-29-27-47-17-9-37-66-61(47)63(49)68-59)54-20-8-16-52(42-54)60-36-32-50-30-28-48-18-10-38-67-62(48)64(50)69-60/h1-42H. The van der Waals surface area contributed by atoms with E-state index >= 15 is 0 Å². The second-order valence-electron chi connectivity index (χ2n) is 17.8. The van der Waals surface area contributed by atoms with Crippen LogP contribution in [0.4, 0.5) is 0 Å². The van der Waals surface area contributed by atoms with Crippen LogP contribution in [0.25, 0.3) is 102 Å². The van der Waals surface area contributed by atoms with Crippen LogP contribution in [-0.2, 0) is 5.41 Å². The van der Waals surface area contributed by atoms with Crippen LogP contribution < -0.4 is 0 Å². The van der Waals surface area contributed by atoms with E-state index in [1.165, 1.54) is 22.3 Å². The molecule has 4 heteroatoms. The van der Waals surface area contributed by atoms with E-state index in [9.17, 15) is 0 Å². The molecule has 0 saturated heterocycles. The van der Waals surface area contributed by atoms with Crippen molar-refractivity contribution >= 4 is 67.9 Å². The topological polar surface area (TPSA) is 51.6 Å². The van der Waals surface area contributed by atoms with E-state index in [1.807, 2.05) is 24.5 Å². The van der Waals surface area contributed by atoms with Gasteiger partial charge in [-0.3, -0.25) is 9.97 Å². The van der Waals surface area contributed by atoms with Crippen molar-refractivity contribution in [3.63, 3.8) is 0 Å². The second kappa shape index (κ2) is 16.6. The highest BCUT2D eigenvalue weighted by molar-refractivity contribution is 6.04. The number of aromatic nitrogens is 4. The Labute approximate surface area is 400 Å². The van der Waals surface area contributed by atoms with Crippen LogP contribution in [0.15, 0.2) is 231 Å². The van der Waals surface area contributed by atoms with Gasteiger partial charge in [0.15, 0.2) is 0 Å². The molecular weight excluding hydrogens is 837 g/mol. The molecule has 4 aromatic heterocycles. The van der Waals surface area contributed by atoms with Gasteiger partial charge in [-0.1, -0.05) is 194 Å². The number of pyridine rings is 4. The highest BCUT2D eigenvalue weighted by Gasteiger charge is 2.46. The van der Waals surface area contributed by atoms with Gasteiger partial charge in [0.25, 0.3) is 0 Å². The van der Waals surface area contributed by atoms with Crippen molar-refractivity contribution in [1.29, 1.82) is 0 Å². The molecule has 4 nitrogen and oxygen atoms in total. The van der Waals surface area contributed by atoms with Gasteiger partial charge < -0.3 is 0 Å². The lowest BCUT2D eigenvalue weighted by Gasteiger charge is -2.35. The van der Waals surface area contributed by atoms with Gasteiger partial charge in [-0.25, -0.2) is 9.97 Å². The van der Waals surface area contributed by atoms with Crippen molar-refractivity contribution in [2.24, 2.45) is 0 Å². The van der Waals surface area contributed by atoms with Gasteiger partial charge in [-0.05, 0) is 104 Å². The van der Waals surface area contributed by atoms with Crippen LogP contribution in [0.3, 0.4) is 0 Å². The molecule has 4 heterocycles. The van der Waals surface area contributed by atoms with Crippen LogP contribution in [0.5, 0.6) is 0 Å². The molecule has 0 aliphatic heterocycles. The van der Waals surface area contributed by atoms with Crippen molar-refractivity contribution in [3.8, 4) is 33.6 Å². The largest absolute Gasteiger partial charge is 0.254 e. The van der Waals surface area contributed by atoms with E-state index in [0.29, 0.717) is 0 Å². The average Bonchev–Trinajstić information content (AvgIpc) is 3.71. The third-order valence-corrected chi connectivity index (χ3v) is 13.8. The number of hydrogen-bond donors (Lipinski definition) is 0. The molecule has 12 aromatic rings. The minimum Gasteiger partial charge on any atom is -0.254 e. The normalized spacial score (nSPS) is 12.9. The molecule has 0 spiro atoms. The summed E-state index contributed by atoms with van der Waals surface area (Å²) < 4.78 is 0. The maximum atomic E-state index is 5.37. The van der Waals surface area contributed by atoms with Crippen LogP contribution in [-0.4, -0.2) is 19.9 Å². The summed E-state index contributed by atoms with van der Waals surface area (Å²) in [6.45, 7) is 0. The van der Waals surface area contributed by atoms with Crippen molar-refractivity contribution in [3.05, 3.63) is 275 Å². The molecule has 13 rings (SSSR count). The third-order valence-electron chi connectivity index (χ3n) is 13.8. The number of hydrogen-bond acceptors (Lipinski definition) is 4. The molecule has 0 saturated carbocycles. The quantitative estimate of drug-likeness (QED) is 0.113. The summed E-state index contributed by atoms with van der Waals surface area (Å²) in [5, 5.41) is 4.26. The van der Waals surface area contributed by atoms with Crippen molar-refractivity contribution < 1.29 is 0 Å². The van der Waals surface area contributed by atoms with E-state index in [4.69, 9.17) is 19.9 Å². The fraction of sp³-hybridized carbons (Fsp3) is 0.0154. The molecule has 0 atom stereocenters. The lowest BCUT2D eigenvalue weighted by molar-refractivity contribution is 0.768. The molecule has 0 radical (unpaired) electrons. The Morgan fingerprint density at radius 1 is 0.304 bits per heavy atom. The molecular formula is C65H42N4. The van der Waals surface area contributed by atoms with Crippen molar-refractivity contribution in [2.75, 3.05) is 0 Å². The lowest BCUT2D eigenvalue weighted by atomic mass is 9.66. The first-order valence-electron chi connectivity index (χ1n) is 23.4. The molecule has 1 aliphatic rings. The Morgan fingerprint density at radius 2 is 0.725 bits per heavy atom. The smallest absolute Gasteiger partial charge is 0.0972 e. The minimum atomic E-state index is -0.764. The Hall–Kier alpha value is -9.12. The van der Waals surface area contributed by atoms with Gasteiger partial charge in [0, 0.05) is 45.1 Å². The molecule has 0 unspecified atom stereocenters. The van der Waals surface area contributed by atoms with Crippen LogP contribution in [0.2, 0.25) is 0 Å². The predicted molar refractivity (Wildman–Crippen MR) is 287 cm³/mol. The third kappa shape index (κ3) is 7.01. The van der Waals surface area contributed by atoms with Gasteiger partial charge in [-0.2, -0.15) is 0 Å². The summed E-state index contributed by atoms with van der Waals surface area (Å²) >= 11 is 0. The van der Waals surface area contributed by atoms with Gasteiger partial charge >= 0.3 is 0 Å². The molecule has 0 bridgehead atoms. The number of benzene rings is 8. The fourth-order valence-electron chi connectivity index (χ4n) is 10.5. The maximum Gasteiger partial charge on any atom is 0.0972 e. The predicted octanol–water partition coefficient (Wildman–Crippen LogP) is 15.9. The first kappa shape index (κ1) is 40.2. The van der Waals surface area contributed by atoms with E-state index in [1.54, 1.807) is 0 Å². The monoisotopic (exact) mass is 878 g/mol. The van der Waals surface area contributed by atoms with Crippen LogP contribution in [0, 0.1) is 0 Å². The van der Waals surface area contributed by atoms with E-state index in [2.05, 4.69) is 231 Å². The zero-order chi connectivity index (χ0) is 45.7. The summed E-state index contributed by atoms with van der Waals surface area (Å²) in [6.07, 6.45) is 12.6. The molecule has 322 valence electrons. The minimum absolute atomic E-state index is 0.764. The van der Waals surface area contributed by atoms with Gasteiger partial charge in [-0.15, -0.1) is 0 Å². The Kier molecular flexibility index (Phi) is 9.69. The Bertz CT molecular complexity index is 3760. The SMILES string of the molecule is C(=Cc1ccc2c(c1)C(c1cccc(-c3ccc4ccc5cccnc5c4n3)c1)(c1cccc(-c3ccc4ccc5cccnc5c4n3)c1)c1cc(C=Cc3ccccc3)ccc1-2)c1ccccc1. The van der Waals surface area contributed by atoms with Crippen molar-refractivity contribution in [2.45, 2.75) is 5.41 Å². The van der Waals surface area contributed by atoms with E-state index in [-0.39, 0.29) is 0 Å². The molecule has 8 aromatic carbocycles. The summed E-state index contributed by atoms with van der Waals surface area (Å²) in [4.78, 5) is 20.3. The average molecular weight is 879 g/mol. The molecule has 0 N–H and O–H groups in total. The number of fused-ring (bicyclic) bond motifs is 9.